The van der Waals surface area contributed by atoms with Crippen molar-refractivity contribution < 1.29 is 9.21 Å². The van der Waals surface area contributed by atoms with E-state index in [4.69, 9.17) is 4.42 Å². The van der Waals surface area contributed by atoms with E-state index in [0.717, 1.165) is 28.1 Å². The molecule has 2 aromatic heterocycles. The average molecular weight is 419 g/mol. The lowest BCUT2D eigenvalue weighted by molar-refractivity contribution is -0.115. The Bertz CT molecular complexity index is 1150. The number of nitrogens with one attached hydrogen (secondary N) is 1. The van der Waals surface area contributed by atoms with Crippen molar-refractivity contribution in [3.05, 3.63) is 83.8 Å². The third-order valence-corrected chi connectivity index (χ3v) is 6.11. The molecule has 0 bridgehead atoms. The number of rotatable bonds is 6. The van der Waals surface area contributed by atoms with Crippen LogP contribution in [0.25, 0.3) is 11.4 Å². The molecule has 0 aliphatic heterocycles. The molecule has 6 nitrogen and oxygen atoms in total. The van der Waals surface area contributed by atoms with Crippen molar-refractivity contribution in [2.24, 2.45) is 7.05 Å². The number of carbonyl (C=O) groups is 1. The summed E-state index contributed by atoms with van der Waals surface area (Å²) < 4.78 is 7.28. The molecular weight excluding hydrogens is 396 g/mol. The number of amides is 1. The molecule has 0 fully saturated rings. The highest BCUT2D eigenvalue weighted by atomic mass is 32.2. The number of thioether (sulfide) groups is 1. The van der Waals surface area contributed by atoms with E-state index in [-0.39, 0.29) is 5.91 Å². The minimum Gasteiger partial charge on any atom is -0.469 e. The summed E-state index contributed by atoms with van der Waals surface area (Å²) in [6.45, 7) is 3.90. The van der Waals surface area contributed by atoms with Crippen LogP contribution in [0.15, 0.2) is 76.5 Å². The Balaban J connectivity index is 1.63. The van der Waals surface area contributed by atoms with Gasteiger partial charge in [-0.15, -0.1) is 10.2 Å². The van der Waals surface area contributed by atoms with E-state index in [0.29, 0.717) is 11.0 Å². The monoisotopic (exact) mass is 418 g/mol. The molecule has 7 heteroatoms. The predicted octanol–water partition coefficient (Wildman–Crippen LogP) is 5.16. The summed E-state index contributed by atoms with van der Waals surface area (Å²) >= 11 is 1.37. The summed E-state index contributed by atoms with van der Waals surface area (Å²) in [5.74, 6) is 1.37. The largest absolute Gasteiger partial charge is 0.469 e. The van der Waals surface area contributed by atoms with Crippen LogP contribution >= 0.6 is 11.8 Å². The van der Waals surface area contributed by atoms with Gasteiger partial charge in [0.25, 0.3) is 0 Å². The molecule has 1 atom stereocenters. The predicted molar refractivity (Wildman–Crippen MR) is 118 cm³/mol. The quantitative estimate of drug-likeness (QED) is 0.438. The zero-order valence-electron chi connectivity index (χ0n) is 17.0. The first-order valence-electron chi connectivity index (χ1n) is 9.56. The van der Waals surface area contributed by atoms with Gasteiger partial charge in [-0.25, -0.2) is 0 Å². The first kappa shape index (κ1) is 20.0. The van der Waals surface area contributed by atoms with Crippen LogP contribution in [0.3, 0.4) is 0 Å². The second-order valence-corrected chi connectivity index (χ2v) is 8.09. The topological polar surface area (TPSA) is 73.0 Å². The summed E-state index contributed by atoms with van der Waals surface area (Å²) in [7, 11) is 1.89. The average Bonchev–Trinajstić information content (AvgIpc) is 3.33. The van der Waals surface area contributed by atoms with E-state index in [1.165, 1.54) is 11.8 Å². The summed E-state index contributed by atoms with van der Waals surface area (Å²) in [5, 5.41) is 11.8. The summed E-state index contributed by atoms with van der Waals surface area (Å²) in [5.41, 5.74) is 3.69. The van der Waals surface area contributed by atoms with Crippen LogP contribution in [0.4, 0.5) is 5.69 Å². The lowest BCUT2D eigenvalue weighted by atomic mass is 10.1. The molecule has 0 saturated carbocycles. The standard InChI is InChI=1S/C23H22N4O2S/c1-15-9-11-18(12-10-15)24-22(28)20(17-7-5-4-6-8-17)30-23-26-25-21(27(23)3)19-13-14-29-16(19)2/h4-14,20H,1-3H3,(H,24,28)/t20-/m1/s1. The minimum absolute atomic E-state index is 0.112. The maximum atomic E-state index is 13.2. The SMILES string of the molecule is Cc1ccc(NC(=O)[C@H](Sc2nnc(-c3ccoc3C)n2C)c2ccccc2)cc1. The van der Waals surface area contributed by atoms with Crippen LogP contribution in [0, 0.1) is 13.8 Å². The molecule has 2 aromatic carbocycles. The van der Waals surface area contributed by atoms with E-state index in [2.05, 4.69) is 15.5 Å². The van der Waals surface area contributed by atoms with Crippen molar-refractivity contribution in [3.63, 3.8) is 0 Å². The summed E-state index contributed by atoms with van der Waals surface area (Å²) in [6, 6.07) is 19.3. The molecule has 4 aromatic rings. The minimum atomic E-state index is -0.478. The van der Waals surface area contributed by atoms with Gasteiger partial charge in [0.15, 0.2) is 11.0 Å². The number of hydrogen-bond acceptors (Lipinski definition) is 5. The Morgan fingerprint density at radius 1 is 1.03 bits per heavy atom. The van der Waals surface area contributed by atoms with Crippen molar-refractivity contribution in [2.45, 2.75) is 24.3 Å². The fraction of sp³-hybridized carbons (Fsp3) is 0.174. The summed E-state index contributed by atoms with van der Waals surface area (Å²) in [4.78, 5) is 13.2. The van der Waals surface area contributed by atoms with Crippen LogP contribution in [0.2, 0.25) is 0 Å². The maximum absolute atomic E-state index is 13.2. The first-order chi connectivity index (χ1) is 14.5. The molecule has 0 saturated heterocycles. The van der Waals surface area contributed by atoms with Gasteiger partial charge in [-0.1, -0.05) is 59.8 Å². The molecule has 2 heterocycles. The number of furan rings is 1. The molecule has 30 heavy (non-hydrogen) atoms. The molecule has 1 N–H and O–H groups in total. The van der Waals surface area contributed by atoms with Gasteiger partial charge >= 0.3 is 0 Å². The molecule has 0 radical (unpaired) electrons. The molecule has 152 valence electrons. The van der Waals surface area contributed by atoms with E-state index in [1.54, 1.807) is 6.26 Å². The Kier molecular flexibility index (Phi) is 5.72. The van der Waals surface area contributed by atoms with Crippen LogP contribution in [-0.2, 0) is 11.8 Å². The van der Waals surface area contributed by atoms with Gasteiger partial charge < -0.3 is 14.3 Å². The zero-order valence-corrected chi connectivity index (χ0v) is 17.8. The third kappa shape index (κ3) is 4.16. The van der Waals surface area contributed by atoms with Crippen molar-refractivity contribution >= 4 is 23.4 Å². The zero-order chi connectivity index (χ0) is 21.1. The molecule has 0 aliphatic carbocycles. The van der Waals surface area contributed by atoms with Gasteiger partial charge in [0.05, 0.1) is 11.8 Å². The Hall–Kier alpha value is -3.32. The molecule has 0 spiro atoms. The van der Waals surface area contributed by atoms with Crippen molar-refractivity contribution in [3.8, 4) is 11.4 Å². The van der Waals surface area contributed by atoms with Crippen molar-refractivity contribution in [1.29, 1.82) is 0 Å². The Labute approximate surface area is 179 Å². The molecule has 4 rings (SSSR count). The second kappa shape index (κ2) is 8.59. The Morgan fingerprint density at radius 2 is 1.77 bits per heavy atom. The lowest BCUT2D eigenvalue weighted by Gasteiger charge is -2.16. The Morgan fingerprint density at radius 3 is 2.43 bits per heavy atom. The number of carbonyl (C=O) groups excluding carboxylic acids is 1. The highest BCUT2D eigenvalue weighted by molar-refractivity contribution is 8.00. The van der Waals surface area contributed by atoms with E-state index in [9.17, 15) is 4.79 Å². The van der Waals surface area contributed by atoms with Gasteiger partial charge in [0.1, 0.15) is 11.0 Å². The second-order valence-electron chi connectivity index (χ2n) is 7.02. The van der Waals surface area contributed by atoms with E-state index < -0.39 is 5.25 Å². The fourth-order valence-corrected chi connectivity index (χ4v) is 4.12. The van der Waals surface area contributed by atoms with Crippen LogP contribution in [-0.4, -0.2) is 20.7 Å². The number of aryl methyl sites for hydroxylation is 2. The molecule has 0 aliphatic rings. The number of anilines is 1. The number of benzene rings is 2. The van der Waals surface area contributed by atoms with Gasteiger partial charge in [-0.3, -0.25) is 4.79 Å². The number of hydrogen-bond donors (Lipinski definition) is 1. The third-order valence-electron chi connectivity index (χ3n) is 4.82. The first-order valence-corrected chi connectivity index (χ1v) is 10.4. The summed E-state index contributed by atoms with van der Waals surface area (Å²) in [6.07, 6.45) is 1.63. The van der Waals surface area contributed by atoms with Gasteiger partial charge in [0.2, 0.25) is 5.91 Å². The van der Waals surface area contributed by atoms with Gasteiger partial charge in [-0.2, -0.15) is 0 Å². The van der Waals surface area contributed by atoms with Crippen molar-refractivity contribution in [1.82, 2.24) is 14.8 Å². The van der Waals surface area contributed by atoms with Crippen LogP contribution in [0.1, 0.15) is 22.1 Å². The van der Waals surface area contributed by atoms with Crippen molar-refractivity contribution in [2.75, 3.05) is 5.32 Å². The van der Waals surface area contributed by atoms with E-state index in [1.807, 2.05) is 86.1 Å². The highest BCUT2D eigenvalue weighted by Crippen LogP contribution is 2.36. The van der Waals surface area contributed by atoms with Crippen LogP contribution < -0.4 is 5.32 Å². The molecule has 0 unspecified atom stereocenters. The molecular formula is C23H22N4O2S. The number of aromatic nitrogens is 3. The lowest BCUT2D eigenvalue weighted by Crippen LogP contribution is -2.19. The van der Waals surface area contributed by atoms with Gasteiger partial charge in [-0.05, 0) is 37.6 Å². The van der Waals surface area contributed by atoms with Gasteiger partial charge in [0, 0.05) is 12.7 Å². The molecule has 1 amide bonds. The normalized spacial score (nSPS) is 12.0. The fourth-order valence-electron chi connectivity index (χ4n) is 3.12. The van der Waals surface area contributed by atoms with Crippen LogP contribution in [0.5, 0.6) is 0 Å². The highest BCUT2D eigenvalue weighted by Gasteiger charge is 2.26. The number of nitrogens with zero attached hydrogens (tertiary/aromatic N) is 3. The maximum Gasteiger partial charge on any atom is 0.242 e. The smallest absolute Gasteiger partial charge is 0.242 e. The van der Waals surface area contributed by atoms with E-state index >= 15 is 0 Å².